The molecule has 0 aliphatic heterocycles. The quantitative estimate of drug-likeness (QED) is 0.756. The van der Waals surface area contributed by atoms with Crippen LogP contribution in [0, 0.1) is 0 Å². The summed E-state index contributed by atoms with van der Waals surface area (Å²) in [5.41, 5.74) is 0. The predicted molar refractivity (Wildman–Crippen MR) is 54.9 cm³/mol. The first kappa shape index (κ1) is 11.6. The zero-order valence-electron chi connectivity index (χ0n) is 8.35. The first-order valence-electron chi connectivity index (χ1n) is 4.42. The molecule has 2 N–H and O–H groups in total. The largest absolute Gasteiger partial charge is 0.474 e. The summed E-state index contributed by atoms with van der Waals surface area (Å²) in [4.78, 5) is 21.0. The lowest BCUT2D eigenvalue weighted by atomic mass is 10.1. The molecule has 0 bridgehead atoms. The van der Waals surface area contributed by atoms with Crippen molar-refractivity contribution in [2.45, 2.75) is 26.2 Å². The second-order valence-corrected chi connectivity index (χ2v) is 4.02. The molecule has 15 heavy (non-hydrogen) atoms. The zero-order valence-corrected chi connectivity index (χ0v) is 9.17. The van der Waals surface area contributed by atoms with Crippen LogP contribution in [-0.2, 0) is 9.59 Å². The number of carboxylic acid groups (broad SMARTS) is 1. The van der Waals surface area contributed by atoms with Gasteiger partial charge in [-0.05, 0) is 6.42 Å². The molecular formula is C8H11N3O3S. The summed E-state index contributed by atoms with van der Waals surface area (Å²) in [6, 6.07) is 0. The molecule has 1 unspecified atom stereocenters. The third-order valence-electron chi connectivity index (χ3n) is 1.89. The highest BCUT2D eigenvalue weighted by Crippen LogP contribution is 2.24. The van der Waals surface area contributed by atoms with Gasteiger partial charge in [-0.25, -0.2) is 4.79 Å². The van der Waals surface area contributed by atoms with Crippen molar-refractivity contribution < 1.29 is 14.7 Å². The Labute approximate surface area is 90.3 Å². The Hall–Kier alpha value is -1.50. The van der Waals surface area contributed by atoms with Crippen molar-refractivity contribution in [2.24, 2.45) is 0 Å². The standard InChI is InChI=1S/C8H11N3O3S/c1-3-4(2)6-10-11-8(15-6)9-5(12)7(13)14/h4H,3H2,1-2H3,(H,13,14)(H,9,11,12). The lowest BCUT2D eigenvalue weighted by Crippen LogP contribution is -2.21. The number of aliphatic carboxylic acids is 1. The maximum atomic E-state index is 10.8. The second kappa shape index (κ2) is 4.83. The zero-order chi connectivity index (χ0) is 11.4. The number of amides is 1. The molecule has 0 saturated carbocycles. The van der Waals surface area contributed by atoms with Gasteiger partial charge in [0.25, 0.3) is 0 Å². The fourth-order valence-corrected chi connectivity index (χ4v) is 1.68. The molecular weight excluding hydrogens is 218 g/mol. The molecule has 82 valence electrons. The Morgan fingerprint density at radius 2 is 2.20 bits per heavy atom. The SMILES string of the molecule is CCC(C)c1nnc(NC(=O)C(=O)O)s1. The third-order valence-corrected chi connectivity index (χ3v) is 2.96. The van der Waals surface area contributed by atoms with Gasteiger partial charge in [0, 0.05) is 5.92 Å². The van der Waals surface area contributed by atoms with Crippen LogP contribution in [0.3, 0.4) is 0 Å². The van der Waals surface area contributed by atoms with Crippen LogP contribution in [0.25, 0.3) is 0 Å². The van der Waals surface area contributed by atoms with Crippen molar-refractivity contribution in [1.29, 1.82) is 0 Å². The van der Waals surface area contributed by atoms with Crippen LogP contribution in [0.15, 0.2) is 0 Å². The van der Waals surface area contributed by atoms with E-state index in [1.165, 1.54) is 11.3 Å². The van der Waals surface area contributed by atoms with E-state index in [1.807, 2.05) is 13.8 Å². The molecule has 0 fully saturated rings. The van der Waals surface area contributed by atoms with Crippen LogP contribution < -0.4 is 5.32 Å². The second-order valence-electron chi connectivity index (χ2n) is 3.01. The molecule has 0 saturated heterocycles. The summed E-state index contributed by atoms with van der Waals surface area (Å²) < 4.78 is 0. The van der Waals surface area contributed by atoms with Gasteiger partial charge in [-0.15, -0.1) is 10.2 Å². The Morgan fingerprint density at radius 3 is 2.73 bits per heavy atom. The van der Waals surface area contributed by atoms with E-state index in [4.69, 9.17) is 5.11 Å². The highest BCUT2D eigenvalue weighted by atomic mass is 32.1. The minimum atomic E-state index is -1.53. The molecule has 0 aliphatic rings. The summed E-state index contributed by atoms with van der Waals surface area (Å²) >= 11 is 1.19. The average Bonchev–Trinajstić information content (AvgIpc) is 2.65. The fraction of sp³-hybridized carbons (Fsp3) is 0.500. The molecule has 7 heteroatoms. The van der Waals surface area contributed by atoms with Gasteiger partial charge >= 0.3 is 11.9 Å². The number of hydrogen-bond donors (Lipinski definition) is 2. The average molecular weight is 229 g/mol. The molecule has 1 aromatic heterocycles. The van der Waals surface area contributed by atoms with Crippen LogP contribution in [0.4, 0.5) is 5.13 Å². The number of nitrogens with one attached hydrogen (secondary N) is 1. The number of aromatic nitrogens is 2. The van der Waals surface area contributed by atoms with E-state index in [2.05, 4.69) is 15.5 Å². The maximum Gasteiger partial charge on any atom is 0.394 e. The highest BCUT2D eigenvalue weighted by molar-refractivity contribution is 7.15. The summed E-state index contributed by atoms with van der Waals surface area (Å²) in [7, 11) is 0. The van der Waals surface area contributed by atoms with Crippen molar-refractivity contribution in [3.05, 3.63) is 5.01 Å². The van der Waals surface area contributed by atoms with Crippen LogP contribution in [0.5, 0.6) is 0 Å². The van der Waals surface area contributed by atoms with Gasteiger partial charge < -0.3 is 5.11 Å². The summed E-state index contributed by atoms with van der Waals surface area (Å²) in [5, 5.41) is 19.0. The number of carboxylic acids is 1. The number of carbonyl (C=O) groups is 2. The Kier molecular flexibility index (Phi) is 3.73. The van der Waals surface area contributed by atoms with Gasteiger partial charge in [0.05, 0.1) is 0 Å². The van der Waals surface area contributed by atoms with E-state index in [0.717, 1.165) is 11.4 Å². The topological polar surface area (TPSA) is 92.2 Å². The van der Waals surface area contributed by atoms with Gasteiger partial charge in [-0.3, -0.25) is 10.1 Å². The van der Waals surface area contributed by atoms with Crippen LogP contribution in [0.1, 0.15) is 31.2 Å². The van der Waals surface area contributed by atoms with E-state index < -0.39 is 11.9 Å². The van der Waals surface area contributed by atoms with Crippen LogP contribution >= 0.6 is 11.3 Å². The number of rotatable bonds is 3. The molecule has 1 atom stereocenters. The van der Waals surface area contributed by atoms with E-state index in [0.29, 0.717) is 0 Å². The number of nitrogens with zero attached hydrogens (tertiary/aromatic N) is 2. The third kappa shape index (κ3) is 2.98. The van der Waals surface area contributed by atoms with Gasteiger partial charge in [-0.1, -0.05) is 25.2 Å². The molecule has 0 radical (unpaired) electrons. The summed E-state index contributed by atoms with van der Waals surface area (Å²) in [5.74, 6) is -2.37. The minimum Gasteiger partial charge on any atom is -0.474 e. The van der Waals surface area contributed by atoms with Crippen molar-refractivity contribution in [3.8, 4) is 0 Å². The number of anilines is 1. The molecule has 0 spiro atoms. The lowest BCUT2D eigenvalue weighted by molar-refractivity contribution is -0.147. The van der Waals surface area contributed by atoms with Gasteiger partial charge in [-0.2, -0.15) is 0 Å². The Morgan fingerprint density at radius 1 is 1.53 bits per heavy atom. The van der Waals surface area contributed by atoms with Crippen molar-refractivity contribution in [1.82, 2.24) is 10.2 Å². The summed E-state index contributed by atoms with van der Waals surface area (Å²) in [6.07, 6.45) is 0.918. The van der Waals surface area contributed by atoms with Crippen LogP contribution in [-0.4, -0.2) is 27.2 Å². The fourth-order valence-electron chi connectivity index (χ4n) is 0.809. The maximum absolute atomic E-state index is 10.8. The molecule has 6 nitrogen and oxygen atoms in total. The van der Waals surface area contributed by atoms with E-state index in [-0.39, 0.29) is 11.0 Å². The molecule has 1 amide bonds. The molecule has 1 rings (SSSR count). The first-order chi connectivity index (χ1) is 7.04. The van der Waals surface area contributed by atoms with Crippen molar-refractivity contribution >= 4 is 28.3 Å². The summed E-state index contributed by atoms with van der Waals surface area (Å²) in [6.45, 7) is 4.00. The van der Waals surface area contributed by atoms with Gasteiger partial charge in [0.1, 0.15) is 5.01 Å². The van der Waals surface area contributed by atoms with Gasteiger partial charge in [0.2, 0.25) is 5.13 Å². The monoisotopic (exact) mass is 229 g/mol. The predicted octanol–water partition coefficient (Wildman–Crippen LogP) is 1.07. The molecule has 0 aromatic carbocycles. The molecule has 1 aromatic rings. The lowest BCUT2D eigenvalue weighted by Gasteiger charge is -1.99. The van der Waals surface area contributed by atoms with E-state index in [9.17, 15) is 9.59 Å². The highest BCUT2D eigenvalue weighted by Gasteiger charge is 2.15. The van der Waals surface area contributed by atoms with E-state index >= 15 is 0 Å². The van der Waals surface area contributed by atoms with Gasteiger partial charge in [0.15, 0.2) is 0 Å². The van der Waals surface area contributed by atoms with Crippen molar-refractivity contribution in [3.63, 3.8) is 0 Å². The number of hydrogen-bond acceptors (Lipinski definition) is 5. The minimum absolute atomic E-state index is 0.220. The molecule has 1 heterocycles. The number of carbonyl (C=O) groups excluding carboxylic acids is 1. The Balaban J connectivity index is 2.68. The van der Waals surface area contributed by atoms with Crippen molar-refractivity contribution in [2.75, 3.05) is 5.32 Å². The van der Waals surface area contributed by atoms with E-state index in [1.54, 1.807) is 0 Å². The smallest absolute Gasteiger partial charge is 0.394 e. The van der Waals surface area contributed by atoms with Crippen LogP contribution in [0.2, 0.25) is 0 Å². The normalized spacial score (nSPS) is 12.1. The first-order valence-corrected chi connectivity index (χ1v) is 5.24. The Bertz CT molecular complexity index is 377. The molecule has 0 aliphatic carbocycles.